The van der Waals surface area contributed by atoms with Crippen molar-refractivity contribution in [1.82, 2.24) is 14.4 Å². The highest BCUT2D eigenvalue weighted by atomic mass is 16.1. The van der Waals surface area contributed by atoms with Gasteiger partial charge in [0.25, 0.3) is 5.56 Å². The Morgan fingerprint density at radius 1 is 0.654 bits per heavy atom. The van der Waals surface area contributed by atoms with E-state index in [1.54, 1.807) is 0 Å². The second kappa shape index (κ2) is 10.1. The molecule has 4 nitrogen and oxygen atoms in total. The third-order valence-corrected chi connectivity index (χ3v) is 11.9. The summed E-state index contributed by atoms with van der Waals surface area (Å²) in [5.41, 5.74) is 10.6. The van der Waals surface area contributed by atoms with Gasteiger partial charge < -0.3 is 0 Å². The molecule has 0 aliphatic heterocycles. The van der Waals surface area contributed by atoms with Gasteiger partial charge in [0.1, 0.15) is 5.65 Å². The van der Waals surface area contributed by atoms with Gasteiger partial charge in [-0.25, -0.2) is 4.98 Å². The van der Waals surface area contributed by atoms with E-state index in [0.717, 1.165) is 57.5 Å². The molecule has 0 amide bonds. The first kappa shape index (κ1) is 29.8. The van der Waals surface area contributed by atoms with Crippen molar-refractivity contribution in [3.05, 3.63) is 124 Å². The molecule has 250 valence electrons. The third kappa shape index (κ3) is 3.69. The molecule has 0 radical (unpaired) electrons. The first-order chi connectivity index (χ1) is 25.2. The van der Waals surface area contributed by atoms with E-state index in [9.17, 15) is 0 Å². The molecule has 0 aliphatic rings. The van der Waals surface area contributed by atoms with Crippen LogP contribution in [0, 0.1) is 6.92 Å². The van der Waals surface area contributed by atoms with Crippen LogP contribution in [0.15, 0.2) is 102 Å². The summed E-state index contributed by atoms with van der Waals surface area (Å²) in [4.78, 5) is 24.9. The van der Waals surface area contributed by atoms with Crippen LogP contribution >= 0.6 is 0 Å². The Hall–Kier alpha value is -5.87. The van der Waals surface area contributed by atoms with Crippen molar-refractivity contribution in [2.45, 2.75) is 59.3 Å². The number of pyridine rings is 1. The maximum Gasteiger partial charge on any atom is 0.265 e. The summed E-state index contributed by atoms with van der Waals surface area (Å²) < 4.78 is 1.82. The molecule has 0 bridgehead atoms. The van der Waals surface area contributed by atoms with Crippen LogP contribution in [0.3, 0.4) is 0 Å². The zero-order valence-corrected chi connectivity index (χ0v) is 30.1. The van der Waals surface area contributed by atoms with Crippen molar-refractivity contribution in [1.29, 1.82) is 0 Å². The lowest BCUT2D eigenvalue weighted by Crippen LogP contribution is -2.12. The van der Waals surface area contributed by atoms with Crippen LogP contribution in [0.25, 0.3) is 104 Å². The number of aromatic nitrogens is 3. The summed E-state index contributed by atoms with van der Waals surface area (Å²) >= 11 is 0. The molecule has 4 heteroatoms. The monoisotopic (exact) mass is 671 g/mol. The predicted octanol–water partition coefficient (Wildman–Crippen LogP) is 12.2. The van der Waals surface area contributed by atoms with Crippen molar-refractivity contribution in [2.75, 3.05) is 0 Å². The molecule has 52 heavy (non-hydrogen) atoms. The number of rotatable bonds is 5. The van der Waals surface area contributed by atoms with Gasteiger partial charge in [0.2, 0.25) is 0 Å². The molecule has 0 saturated carbocycles. The maximum absolute atomic E-state index is 15.1. The third-order valence-electron chi connectivity index (χ3n) is 11.9. The molecular weight excluding hydrogens is 635 g/mol. The van der Waals surface area contributed by atoms with Crippen LogP contribution in [0.4, 0.5) is 0 Å². The first-order valence-electron chi connectivity index (χ1n) is 18.6. The summed E-state index contributed by atoms with van der Waals surface area (Å²) in [5.74, 6) is 0. The number of unbranched alkanes of at least 4 members (excludes halogenated alkanes) is 1. The van der Waals surface area contributed by atoms with Gasteiger partial charge in [-0.05, 0) is 131 Å². The van der Waals surface area contributed by atoms with Crippen LogP contribution in [0.5, 0.6) is 0 Å². The van der Waals surface area contributed by atoms with Gasteiger partial charge in [0.15, 0.2) is 0 Å². The van der Waals surface area contributed by atoms with E-state index < -0.39 is 0 Å². The van der Waals surface area contributed by atoms with Crippen LogP contribution in [0.1, 0.15) is 57.4 Å². The zero-order chi connectivity index (χ0) is 35.2. The second-order valence-electron chi connectivity index (χ2n) is 16.0. The Morgan fingerprint density at radius 3 is 2.00 bits per heavy atom. The molecule has 0 unspecified atom stereocenters. The van der Waals surface area contributed by atoms with E-state index in [0.29, 0.717) is 5.65 Å². The smallest absolute Gasteiger partial charge is 0.265 e. The maximum atomic E-state index is 15.1. The molecule has 0 aliphatic carbocycles. The van der Waals surface area contributed by atoms with E-state index in [1.165, 1.54) is 76.5 Å². The first-order valence-corrected chi connectivity index (χ1v) is 18.6. The summed E-state index contributed by atoms with van der Waals surface area (Å²) in [6.07, 6.45) is 5.12. The lowest BCUT2D eigenvalue weighted by Gasteiger charge is -2.24. The van der Waals surface area contributed by atoms with Gasteiger partial charge in [-0.3, -0.25) is 14.2 Å². The van der Waals surface area contributed by atoms with Crippen molar-refractivity contribution in [3.8, 4) is 22.3 Å². The van der Waals surface area contributed by atoms with E-state index in [4.69, 9.17) is 4.98 Å². The van der Waals surface area contributed by atoms with Crippen molar-refractivity contribution >= 4 is 81.3 Å². The summed E-state index contributed by atoms with van der Waals surface area (Å²) in [6, 6.07) is 33.7. The number of benzene rings is 7. The molecule has 0 N–H and O–H groups in total. The highest BCUT2D eigenvalue weighted by Gasteiger charge is 2.30. The van der Waals surface area contributed by atoms with Gasteiger partial charge >= 0.3 is 0 Å². The van der Waals surface area contributed by atoms with Crippen LogP contribution in [0.2, 0.25) is 0 Å². The average molecular weight is 672 g/mol. The standard InChI is InChI=1S/C48H37N3O/c1-6-7-12-26-13-8-9-14-28(26)32-22-34-42-40-30(32)19-17-27-18-20-31-33(29-15-10-11-16-36(29)48(3,4)5)23-35(43(42)41(31)39(27)40)45-44(34)46-50-37-21-25(2)49-24-38(37)51(46)47(45)52/h8-11,13-24H,6-7,12H2,1-5H3. The second-order valence-corrected chi connectivity index (χ2v) is 16.0. The summed E-state index contributed by atoms with van der Waals surface area (Å²) in [5, 5.41) is 13.8. The van der Waals surface area contributed by atoms with Gasteiger partial charge in [-0.1, -0.05) is 107 Å². The molecule has 0 fully saturated rings. The van der Waals surface area contributed by atoms with Crippen molar-refractivity contribution in [2.24, 2.45) is 0 Å². The Labute approximate surface area is 300 Å². The highest BCUT2D eigenvalue weighted by molar-refractivity contribution is 6.50. The molecule has 0 saturated heterocycles. The lowest BCUT2D eigenvalue weighted by atomic mass is 9.80. The molecular formula is C48H37N3O. The van der Waals surface area contributed by atoms with Gasteiger partial charge in [0, 0.05) is 11.1 Å². The minimum absolute atomic E-state index is 0.0254. The lowest BCUT2D eigenvalue weighted by molar-refractivity contribution is 0.592. The number of nitrogens with zero attached hydrogens (tertiary/aromatic N) is 3. The largest absolute Gasteiger partial charge is 0.268 e. The van der Waals surface area contributed by atoms with Gasteiger partial charge in [-0.2, -0.15) is 0 Å². The molecule has 3 heterocycles. The van der Waals surface area contributed by atoms with Gasteiger partial charge in [-0.15, -0.1) is 0 Å². The SMILES string of the molecule is CCCCc1ccccc1-c1cc2c3c4c1ccc1ccc5c(-c6ccccc6C(C)(C)C)cc(c6c(=O)n7c8cnc(C)cc8nc7c26)c3c5c14. The van der Waals surface area contributed by atoms with E-state index in [1.807, 2.05) is 23.6 Å². The normalized spacial score (nSPS) is 13.0. The molecule has 11 aromatic rings. The van der Waals surface area contributed by atoms with E-state index in [2.05, 4.69) is 118 Å². The van der Waals surface area contributed by atoms with E-state index in [-0.39, 0.29) is 11.0 Å². The number of fused-ring (bicyclic) bond motifs is 7. The highest BCUT2D eigenvalue weighted by Crippen LogP contribution is 2.55. The zero-order valence-electron chi connectivity index (χ0n) is 30.1. The Kier molecular flexibility index (Phi) is 5.81. The molecule has 3 aromatic heterocycles. The Morgan fingerprint density at radius 2 is 1.29 bits per heavy atom. The molecule has 0 atom stereocenters. The fourth-order valence-electron chi connectivity index (χ4n) is 9.63. The van der Waals surface area contributed by atoms with Crippen LogP contribution in [-0.2, 0) is 11.8 Å². The molecule has 11 rings (SSSR count). The predicted molar refractivity (Wildman–Crippen MR) is 219 cm³/mol. The van der Waals surface area contributed by atoms with E-state index >= 15 is 4.79 Å². The van der Waals surface area contributed by atoms with Gasteiger partial charge in [0.05, 0.1) is 22.6 Å². The summed E-state index contributed by atoms with van der Waals surface area (Å²) in [6.45, 7) is 11.1. The Bertz CT molecular complexity index is 3290. The fourth-order valence-corrected chi connectivity index (χ4v) is 9.63. The number of hydrogen-bond acceptors (Lipinski definition) is 3. The quantitative estimate of drug-likeness (QED) is 0.171. The van der Waals surface area contributed by atoms with Crippen LogP contribution in [-0.4, -0.2) is 14.4 Å². The number of imidazole rings is 1. The van der Waals surface area contributed by atoms with Crippen LogP contribution < -0.4 is 5.56 Å². The van der Waals surface area contributed by atoms with Crippen molar-refractivity contribution in [3.63, 3.8) is 0 Å². The topological polar surface area (TPSA) is 47.3 Å². The van der Waals surface area contributed by atoms with Crippen molar-refractivity contribution < 1.29 is 0 Å². The Balaban J connectivity index is 1.43. The number of hydrogen-bond donors (Lipinski definition) is 0. The molecule has 8 aromatic carbocycles. The summed E-state index contributed by atoms with van der Waals surface area (Å²) in [7, 11) is 0. The fraction of sp³-hybridized carbons (Fsp3) is 0.188. The molecule has 0 spiro atoms. The minimum Gasteiger partial charge on any atom is -0.268 e. The minimum atomic E-state index is -0.0702. The number of aryl methyl sites for hydroxylation is 2. The average Bonchev–Trinajstić information content (AvgIpc) is 3.79.